The van der Waals surface area contributed by atoms with Crippen LogP contribution in [0, 0.1) is 0 Å². The Kier molecular flexibility index (Phi) is 5.90. The lowest BCUT2D eigenvalue weighted by Crippen LogP contribution is -1.95. The van der Waals surface area contributed by atoms with Gasteiger partial charge in [0.05, 0.1) is 7.11 Å². The fraction of sp³-hybridized carbons (Fsp3) is 0.0741. The van der Waals surface area contributed by atoms with E-state index in [2.05, 4.69) is 0 Å². The van der Waals surface area contributed by atoms with Crippen LogP contribution in [0.4, 0.5) is 0 Å². The number of methoxy groups -OCH3 is 1. The molecule has 4 rings (SSSR count). The number of rotatable bonds is 7. The second kappa shape index (κ2) is 9.10. The van der Waals surface area contributed by atoms with Gasteiger partial charge in [-0.2, -0.15) is 0 Å². The summed E-state index contributed by atoms with van der Waals surface area (Å²) >= 11 is 0. The molecule has 4 aromatic carbocycles. The number of benzene rings is 4. The molecule has 0 unspecified atom stereocenters. The number of allylic oxidation sites excluding steroid dienone is 1. The zero-order valence-electron chi connectivity index (χ0n) is 16.7. The first kappa shape index (κ1) is 19.5. The normalized spacial score (nSPS) is 11.0. The van der Waals surface area contributed by atoms with Crippen molar-refractivity contribution in [3.63, 3.8) is 0 Å². The van der Waals surface area contributed by atoms with E-state index in [1.54, 1.807) is 13.2 Å². The van der Waals surface area contributed by atoms with E-state index in [-0.39, 0.29) is 5.78 Å². The van der Waals surface area contributed by atoms with Gasteiger partial charge in [0.1, 0.15) is 18.1 Å². The van der Waals surface area contributed by atoms with Gasteiger partial charge in [-0.15, -0.1) is 0 Å². The largest absolute Gasteiger partial charge is 0.497 e. The molecule has 0 aliphatic carbocycles. The van der Waals surface area contributed by atoms with Crippen LogP contribution in [0.3, 0.4) is 0 Å². The second-order valence-corrected chi connectivity index (χ2v) is 6.97. The van der Waals surface area contributed by atoms with Crippen molar-refractivity contribution in [3.8, 4) is 11.5 Å². The standard InChI is InChI=1S/C27H22O3/c1-29-26-15-12-22-17-24(11-10-23(22)18-26)27(28)16-9-20-7-13-25(14-8-20)30-19-21-5-3-2-4-6-21/h2-18H,19H2,1H3/b16-9+. The third-order valence-corrected chi connectivity index (χ3v) is 4.89. The minimum absolute atomic E-state index is 0.0304. The van der Waals surface area contributed by atoms with Gasteiger partial charge in [-0.1, -0.05) is 66.7 Å². The summed E-state index contributed by atoms with van der Waals surface area (Å²) in [4.78, 5) is 12.6. The number of carbonyl (C=O) groups excluding carboxylic acids is 1. The highest BCUT2D eigenvalue weighted by atomic mass is 16.5. The molecular formula is C27H22O3. The van der Waals surface area contributed by atoms with Crippen LogP contribution in [0.1, 0.15) is 21.5 Å². The smallest absolute Gasteiger partial charge is 0.185 e. The minimum Gasteiger partial charge on any atom is -0.497 e. The molecule has 0 aliphatic heterocycles. The molecule has 0 aromatic heterocycles. The lowest BCUT2D eigenvalue weighted by atomic mass is 10.0. The molecule has 0 N–H and O–H groups in total. The summed E-state index contributed by atoms with van der Waals surface area (Å²) in [6.45, 7) is 0.530. The van der Waals surface area contributed by atoms with E-state index >= 15 is 0 Å². The molecule has 0 bridgehead atoms. The molecule has 0 spiro atoms. The van der Waals surface area contributed by atoms with Crippen LogP contribution < -0.4 is 9.47 Å². The fourth-order valence-electron chi connectivity index (χ4n) is 3.19. The van der Waals surface area contributed by atoms with E-state index < -0.39 is 0 Å². The summed E-state index contributed by atoms with van der Waals surface area (Å²) in [6, 6.07) is 29.3. The van der Waals surface area contributed by atoms with Gasteiger partial charge in [0.15, 0.2) is 5.78 Å². The maximum absolute atomic E-state index is 12.6. The summed E-state index contributed by atoms with van der Waals surface area (Å²) in [5.41, 5.74) is 2.73. The van der Waals surface area contributed by atoms with Crippen LogP contribution in [0.15, 0.2) is 97.1 Å². The Morgan fingerprint density at radius 3 is 2.27 bits per heavy atom. The van der Waals surface area contributed by atoms with Crippen molar-refractivity contribution in [2.45, 2.75) is 6.61 Å². The van der Waals surface area contributed by atoms with Gasteiger partial charge in [-0.05, 0) is 58.3 Å². The number of ketones is 1. The van der Waals surface area contributed by atoms with Gasteiger partial charge in [0.2, 0.25) is 0 Å². The molecule has 0 amide bonds. The third kappa shape index (κ3) is 4.76. The zero-order chi connectivity index (χ0) is 20.8. The Morgan fingerprint density at radius 1 is 0.800 bits per heavy atom. The Balaban J connectivity index is 1.40. The van der Waals surface area contributed by atoms with Crippen molar-refractivity contribution in [3.05, 3.63) is 114 Å². The van der Waals surface area contributed by atoms with E-state index in [1.165, 1.54) is 0 Å². The molecule has 0 fully saturated rings. The predicted molar refractivity (Wildman–Crippen MR) is 121 cm³/mol. The molecule has 0 saturated carbocycles. The summed E-state index contributed by atoms with van der Waals surface area (Å²) in [5, 5.41) is 2.05. The number of carbonyl (C=O) groups is 1. The topological polar surface area (TPSA) is 35.5 Å². The van der Waals surface area contributed by atoms with Crippen LogP contribution >= 0.6 is 0 Å². The average molecular weight is 394 g/mol. The Bertz CT molecular complexity index is 1180. The van der Waals surface area contributed by atoms with Crippen LogP contribution in [0.2, 0.25) is 0 Å². The predicted octanol–water partition coefficient (Wildman–Crippen LogP) is 6.32. The maximum atomic E-state index is 12.6. The monoisotopic (exact) mass is 394 g/mol. The molecule has 0 saturated heterocycles. The average Bonchev–Trinajstić information content (AvgIpc) is 2.81. The van der Waals surface area contributed by atoms with Crippen molar-refractivity contribution >= 4 is 22.6 Å². The highest BCUT2D eigenvalue weighted by Gasteiger charge is 2.04. The highest BCUT2D eigenvalue weighted by molar-refractivity contribution is 6.08. The third-order valence-electron chi connectivity index (χ3n) is 4.89. The van der Waals surface area contributed by atoms with Crippen molar-refractivity contribution < 1.29 is 14.3 Å². The molecule has 3 heteroatoms. The maximum Gasteiger partial charge on any atom is 0.185 e. The first-order valence-electron chi connectivity index (χ1n) is 9.78. The fourth-order valence-corrected chi connectivity index (χ4v) is 3.19. The van der Waals surface area contributed by atoms with E-state index in [9.17, 15) is 4.79 Å². The Labute approximate surface area is 176 Å². The molecule has 0 heterocycles. The summed E-state index contributed by atoms with van der Waals surface area (Å²) in [5.74, 6) is 1.57. The van der Waals surface area contributed by atoms with Gasteiger partial charge >= 0.3 is 0 Å². The van der Waals surface area contributed by atoms with E-state index in [1.807, 2.05) is 97.1 Å². The summed E-state index contributed by atoms with van der Waals surface area (Å²) < 4.78 is 11.0. The van der Waals surface area contributed by atoms with Crippen molar-refractivity contribution in [2.24, 2.45) is 0 Å². The summed E-state index contributed by atoms with van der Waals surface area (Å²) in [7, 11) is 1.64. The number of fused-ring (bicyclic) bond motifs is 1. The first-order chi connectivity index (χ1) is 14.7. The van der Waals surface area contributed by atoms with Crippen LogP contribution in [-0.2, 0) is 6.61 Å². The first-order valence-corrected chi connectivity index (χ1v) is 9.78. The van der Waals surface area contributed by atoms with E-state index in [0.717, 1.165) is 33.4 Å². The van der Waals surface area contributed by atoms with Crippen LogP contribution in [0.5, 0.6) is 11.5 Å². The lowest BCUT2D eigenvalue weighted by Gasteiger charge is -2.06. The zero-order valence-corrected chi connectivity index (χ0v) is 16.7. The molecule has 148 valence electrons. The van der Waals surface area contributed by atoms with Crippen LogP contribution in [-0.4, -0.2) is 12.9 Å². The molecular weight excluding hydrogens is 372 g/mol. The van der Waals surface area contributed by atoms with Crippen LogP contribution in [0.25, 0.3) is 16.8 Å². The quantitative estimate of drug-likeness (QED) is 0.272. The number of ether oxygens (including phenoxy) is 2. The molecule has 0 aliphatic rings. The van der Waals surface area contributed by atoms with Crippen molar-refractivity contribution in [1.29, 1.82) is 0 Å². The minimum atomic E-state index is -0.0304. The molecule has 0 atom stereocenters. The van der Waals surface area contributed by atoms with Gasteiger partial charge in [-0.3, -0.25) is 4.79 Å². The van der Waals surface area contributed by atoms with E-state index in [0.29, 0.717) is 12.2 Å². The Morgan fingerprint density at radius 2 is 1.50 bits per heavy atom. The van der Waals surface area contributed by atoms with Gasteiger partial charge in [-0.25, -0.2) is 0 Å². The number of hydrogen-bond donors (Lipinski definition) is 0. The second-order valence-electron chi connectivity index (χ2n) is 6.97. The van der Waals surface area contributed by atoms with Gasteiger partial charge in [0, 0.05) is 5.56 Å². The van der Waals surface area contributed by atoms with Crippen molar-refractivity contribution in [1.82, 2.24) is 0 Å². The summed E-state index contributed by atoms with van der Waals surface area (Å²) in [6.07, 6.45) is 3.42. The molecule has 30 heavy (non-hydrogen) atoms. The molecule has 0 radical (unpaired) electrons. The Hall–Kier alpha value is -3.85. The molecule has 3 nitrogen and oxygen atoms in total. The van der Waals surface area contributed by atoms with Gasteiger partial charge in [0.25, 0.3) is 0 Å². The number of hydrogen-bond acceptors (Lipinski definition) is 3. The molecule has 4 aromatic rings. The van der Waals surface area contributed by atoms with E-state index in [4.69, 9.17) is 9.47 Å². The van der Waals surface area contributed by atoms with Gasteiger partial charge < -0.3 is 9.47 Å². The SMILES string of the molecule is COc1ccc2cc(C(=O)/C=C/c3ccc(OCc4ccccc4)cc3)ccc2c1. The van der Waals surface area contributed by atoms with Crippen molar-refractivity contribution in [2.75, 3.05) is 7.11 Å². The lowest BCUT2D eigenvalue weighted by molar-refractivity contribution is 0.104. The highest BCUT2D eigenvalue weighted by Crippen LogP contribution is 2.22.